The van der Waals surface area contributed by atoms with E-state index in [0.29, 0.717) is 12.5 Å². The van der Waals surface area contributed by atoms with Crippen molar-refractivity contribution in [1.82, 2.24) is 9.99 Å². The molecule has 6 nitrogen and oxygen atoms in total. The van der Waals surface area contributed by atoms with Crippen molar-refractivity contribution in [2.24, 2.45) is 5.10 Å². The number of carboxylic acid groups (broad SMARTS) is 1. The first-order chi connectivity index (χ1) is 20.3. The van der Waals surface area contributed by atoms with Crippen LogP contribution in [0.1, 0.15) is 89.5 Å². The third-order valence-electron chi connectivity index (χ3n) is 5.87. The predicted octanol–water partition coefficient (Wildman–Crippen LogP) is 9.63. The van der Waals surface area contributed by atoms with Crippen molar-refractivity contribution in [3.05, 3.63) is 84.9 Å². The first kappa shape index (κ1) is 41.1. The minimum absolute atomic E-state index is 0.608. The summed E-state index contributed by atoms with van der Waals surface area (Å²) in [5.41, 5.74) is 7.05. The molecular formula is C34H48F3N3O3. The van der Waals surface area contributed by atoms with E-state index in [1.807, 2.05) is 37.9 Å². The second kappa shape index (κ2) is 23.5. The van der Waals surface area contributed by atoms with Gasteiger partial charge in [0.15, 0.2) is 0 Å². The Kier molecular flexibility index (Phi) is 22.5. The molecule has 0 fully saturated rings. The number of benzene rings is 1. The molecule has 0 radical (unpaired) electrons. The molecule has 0 bridgehead atoms. The van der Waals surface area contributed by atoms with E-state index in [0.717, 1.165) is 23.4 Å². The molecule has 0 aliphatic rings. The fraction of sp³-hybridized carbons (Fsp3) is 0.412. The summed E-state index contributed by atoms with van der Waals surface area (Å²) >= 11 is 0. The van der Waals surface area contributed by atoms with Gasteiger partial charge in [0.1, 0.15) is 6.79 Å². The first-order valence-electron chi connectivity index (χ1n) is 14.2. The van der Waals surface area contributed by atoms with Crippen LogP contribution in [0.4, 0.5) is 13.2 Å². The third kappa shape index (κ3) is 18.2. The highest BCUT2D eigenvalue weighted by Crippen LogP contribution is 2.29. The van der Waals surface area contributed by atoms with Crippen LogP contribution in [0.2, 0.25) is 0 Å². The molecule has 0 aliphatic heterocycles. The van der Waals surface area contributed by atoms with Gasteiger partial charge in [-0.2, -0.15) is 18.3 Å². The molecule has 1 aromatic carbocycles. The molecule has 2 aromatic rings. The smallest absolute Gasteiger partial charge is 0.475 e. The highest BCUT2D eigenvalue weighted by molar-refractivity contribution is 5.79. The average molecular weight is 604 g/mol. The van der Waals surface area contributed by atoms with E-state index in [2.05, 4.69) is 93.4 Å². The van der Waals surface area contributed by atoms with Gasteiger partial charge in [-0.25, -0.2) is 4.79 Å². The van der Waals surface area contributed by atoms with E-state index in [-0.39, 0.29) is 0 Å². The average Bonchev–Trinajstić information content (AvgIpc) is 2.98. The van der Waals surface area contributed by atoms with Crippen LogP contribution in [0, 0.1) is 6.92 Å². The van der Waals surface area contributed by atoms with Crippen LogP contribution < -0.4 is 0 Å². The monoisotopic (exact) mass is 603 g/mol. The summed E-state index contributed by atoms with van der Waals surface area (Å²) in [6.45, 7) is 22.7. The lowest BCUT2D eigenvalue weighted by Gasteiger charge is -2.14. The number of nitrogens with zero attached hydrogens (tertiary/aromatic N) is 3. The van der Waals surface area contributed by atoms with Crippen molar-refractivity contribution in [3.63, 3.8) is 0 Å². The van der Waals surface area contributed by atoms with Crippen LogP contribution >= 0.6 is 0 Å². The van der Waals surface area contributed by atoms with E-state index >= 15 is 0 Å². The number of allylic oxidation sites excluding steroid dienone is 1. The first-order valence-corrected chi connectivity index (χ1v) is 14.2. The van der Waals surface area contributed by atoms with Crippen molar-refractivity contribution >= 4 is 24.5 Å². The van der Waals surface area contributed by atoms with E-state index in [1.165, 1.54) is 42.4 Å². The maximum Gasteiger partial charge on any atom is 0.490 e. The Labute approximate surface area is 255 Å². The summed E-state index contributed by atoms with van der Waals surface area (Å²) in [4.78, 5) is 21.4. The Morgan fingerprint density at radius 3 is 2.09 bits per heavy atom. The molecule has 0 aliphatic carbocycles. The molecule has 1 heterocycles. The minimum Gasteiger partial charge on any atom is -0.475 e. The lowest BCUT2D eigenvalue weighted by Crippen LogP contribution is -2.21. The van der Waals surface area contributed by atoms with Crippen molar-refractivity contribution in [1.29, 1.82) is 0 Å². The number of aliphatic carboxylic acids is 1. The largest absolute Gasteiger partial charge is 0.490 e. The number of pyridine rings is 1. The lowest BCUT2D eigenvalue weighted by atomic mass is 9.92. The quantitative estimate of drug-likeness (QED) is 0.113. The van der Waals surface area contributed by atoms with E-state index < -0.39 is 12.1 Å². The zero-order valence-corrected chi connectivity index (χ0v) is 26.5. The summed E-state index contributed by atoms with van der Waals surface area (Å²) in [6.07, 6.45) is 10.9. The van der Waals surface area contributed by atoms with Gasteiger partial charge in [0.05, 0.1) is 6.54 Å². The molecule has 1 N–H and O–H groups in total. The standard InChI is InChI=1S/C27H37N3.C4H8.C2HF3O2.CH2O/c1-7-9-10-12-22(5)24-14-16-25(17-15-24)27-18-19-28-23(6)26(27)13-11-20-30(8-2)29-21(3)4;1-3-4-2;3-2(4,5)1(6)7;1-2/h8,11,13-19,22H,2,7,9-10,12,20H2,1,3-6H3;3H,1,4H2,2H3;(H,6,7);1H2/b13-11+;;;. The van der Waals surface area contributed by atoms with Gasteiger partial charge in [-0.1, -0.05) is 89.1 Å². The van der Waals surface area contributed by atoms with Crippen LogP contribution in [0.25, 0.3) is 17.2 Å². The van der Waals surface area contributed by atoms with Gasteiger partial charge >= 0.3 is 12.1 Å². The van der Waals surface area contributed by atoms with Crippen molar-refractivity contribution in [2.75, 3.05) is 6.54 Å². The Hall–Kier alpha value is -4.01. The molecule has 1 aromatic heterocycles. The molecule has 0 spiro atoms. The second-order valence-electron chi connectivity index (χ2n) is 9.63. The molecule has 1 atom stereocenters. The van der Waals surface area contributed by atoms with Crippen LogP contribution in [-0.2, 0) is 9.59 Å². The molecule has 1 unspecified atom stereocenters. The van der Waals surface area contributed by atoms with Gasteiger partial charge in [0, 0.05) is 29.4 Å². The van der Waals surface area contributed by atoms with Crippen LogP contribution in [0.15, 0.2) is 73.1 Å². The maximum atomic E-state index is 10.6. The van der Waals surface area contributed by atoms with Crippen LogP contribution in [-0.4, -0.2) is 46.3 Å². The molecular weight excluding hydrogens is 555 g/mol. The molecule has 0 saturated heterocycles. The highest BCUT2D eigenvalue weighted by Gasteiger charge is 2.38. The van der Waals surface area contributed by atoms with Gasteiger partial charge in [-0.15, -0.1) is 6.58 Å². The number of aryl methyl sites for hydroxylation is 1. The van der Waals surface area contributed by atoms with E-state index in [4.69, 9.17) is 14.7 Å². The number of carbonyl (C=O) groups excluding carboxylic acids is 1. The summed E-state index contributed by atoms with van der Waals surface area (Å²) in [5.74, 6) is -2.15. The summed E-state index contributed by atoms with van der Waals surface area (Å²) in [5, 5.41) is 13.4. The molecule has 2 rings (SSSR count). The second-order valence-corrected chi connectivity index (χ2v) is 9.63. The summed E-state index contributed by atoms with van der Waals surface area (Å²) in [7, 11) is 0. The fourth-order valence-corrected chi connectivity index (χ4v) is 3.59. The van der Waals surface area contributed by atoms with Crippen molar-refractivity contribution in [3.8, 4) is 11.1 Å². The number of unbranched alkanes of at least 4 members (excludes halogenated alkanes) is 2. The third-order valence-corrected chi connectivity index (χ3v) is 5.87. The summed E-state index contributed by atoms with van der Waals surface area (Å²) in [6, 6.07) is 11.2. The highest BCUT2D eigenvalue weighted by atomic mass is 19.4. The minimum atomic E-state index is -5.08. The number of hydrogen-bond donors (Lipinski definition) is 1. The van der Waals surface area contributed by atoms with Crippen molar-refractivity contribution < 1.29 is 27.9 Å². The molecule has 43 heavy (non-hydrogen) atoms. The Balaban J connectivity index is 0. The Morgan fingerprint density at radius 1 is 1.09 bits per heavy atom. The number of rotatable bonds is 12. The van der Waals surface area contributed by atoms with Gasteiger partial charge in [-0.3, -0.25) is 9.99 Å². The van der Waals surface area contributed by atoms with Crippen LogP contribution in [0.5, 0.6) is 0 Å². The molecule has 0 saturated carbocycles. The molecule has 9 heteroatoms. The zero-order valence-electron chi connectivity index (χ0n) is 26.5. The fourth-order valence-electron chi connectivity index (χ4n) is 3.59. The molecule has 0 amide bonds. The van der Waals surface area contributed by atoms with Crippen molar-refractivity contribution in [2.45, 2.75) is 85.7 Å². The topological polar surface area (TPSA) is 82.9 Å². The number of carbonyl (C=O) groups is 2. The van der Waals surface area contributed by atoms with Gasteiger partial charge in [0.2, 0.25) is 0 Å². The number of halogens is 3. The molecule has 238 valence electrons. The van der Waals surface area contributed by atoms with Gasteiger partial charge in [-0.05, 0) is 62.3 Å². The normalized spacial score (nSPS) is 10.9. The summed E-state index contributed by atoms with van der Waals surface area (Å²) < 4.78 is 31.7. The predicted molar refractivity (Wildman–Crippen MR) is 173 cm³/mol. The maximum absolute atomic E-state index is 10.6. The zero-order chi connectivity index (χ0) is 33.4. The Morgan fingerprint density at radius 2 is 1.65 bits per heavy atom. The number of aromatic nitrogens is 1. The number of carboxylic acids is 1. The number of alkyl halides is 3. The number of hydrazone groups is 1. The lowest BCUT2D eigenvalue weighted by molar-refractivity contribution is -0.192. The van der Waals surface area contributed by atoms with E-state index in [1.54, 1.807) is 6.20 Å². The van der Waals surface area contributed by atoms with Crippen LogP contribution in [0.3, 0.4) is 0 Å². The van der Waals surface area contributed by atoms with Gasteiger partial charge in [0.25, 0.3) is 0 Å². The Bertz CT molecular complexity index is 1140. The SMILES string of the molecule is C=CCC.C=CN(C/C=C/c1c(-c2ccc(C(C)CCCCC)cc2)ccnc1C)N=C(C)C.C=O.O=C(O)C(F)(F)F. The number of hydrogen-bond acceptors (Lipinski definition) is 5. The van der Waals surface area contributed by atoms with Gasteiger partial charge < -0.3 is 9.90 Å². The van der Waals surface area contributed by atoms with E-state index in [9.17, 15) is 13.2 Å².